The molecule has 8 nitrogen and oxygen atoms in total. The number of likely N-dealkylation sites (tertiary alicyclic amines) is 1. The minimum atomic E-state index is -0.968. The van der Waals surface area contributed by atoms with Crippen LogP contribution in [-0.2, 0) is 19.1 Å². The normalized spacial score (nSPS) is 23.4. The number of ether oxygens (including phenoxy) is 2. The Morgan fingerprint density at radius 2 is 1.71 bits per heavy atom. The highest BCUT2D eigenvalue weighted by atomic mass is 16.5. The summed E-state index contributed by atoms with van der Waals surface area (Å²) in [7, 11) is 0. The molecule has 2 N–H and O–H groups in total. The fourth-order valence-corrected chi connectivity index (χ4v) is 5.64. The molecule has 3 atom stereocenters. The van der Waals surface area contributed by atoms with E-state index < -0.39 is 18.1 Å². The highest BCUT2D eigenvalue weighted by Crippen LogP contribution is 2.44. The molecule has 2 amide bonds. The molecule has 0 radical (unpaired) electrons. The van der Waals surface area contributed by atoms with Crippen molar-refractivity contribution in [2.24, 2.45) is 5.92 Å². The first-order chi connectivity index (χ1) is 17.0. The van der Waals surface area contributed by atoms with Crippen molar-refractivity contribution in [2.75, 3.05) is 26.4 Å². The van der Waals surface area contributed by atoms with Crippen LogP contribution in [0.4, 0.5) is 4.79 Å². The lowest BCUT2D eigenvalue weighted by Gasteiger charge is -2.33. The van der Waals surface area contributed by atoms with E-state index in [0.717, 1.165) is 11.1 Å². The molecule has 2 aromatic rings. The van der Waals surface area contributed by atoms with Crippen molar-refractivity contribution in [3.8, 4) is 11.1 Å². The lowest BCUT2D eigenvalue weighted by molar-refractivity contribution is -0.149. The van der Waals surface area contributed by atoms with E-state index >= 15 is 0 Å². The Hall–Kier alpha value is -3.39. The minimum Gasteiger partial charge on any atom is -0.480 e. The van der Waals surface area contributed by atoms with Gasteiger partial charge >= 0.3 is 12.1 Å². The standard InChI is InChI=1S/C27H30N2O6/c30-25(29-12-5-10-24(29)26(31)32)14-17-15-34-13-11-23(17)28-27(33)35-16-22-20-8-3-1-6-18(20)19-7-2-4-9-21(19)22/h1-4,6-9,17,22-24H,5,10-16H2,(H,28,33)(H,31,32)/t17?,23?,24-/m0/s1. The van der Waals surface area contributed by atoms with Gasteiger partial charge in [-0.05, 0) is 41.5 Å². The van der Waals surface area contributed by atoms with Gasteiger partial charge in [0, 0.05) is 37.5 Å². The van der Waals surface area contributed by atoms with Gasteiger partial charge in [0.05, 0.1) is 6.61 Å². The van der Waals surface area contributed by atoms with Crippen molar-refractivity contribution in [1.29, 1.82) is 0 Å². The molecule has 0 aromatic heterocycles. The third-order valence-corrected chi connectivity index (χ3v) is 7.42. The predicted molar refractivity (Wildman–Crippen MR) is 128 cm³/mol. The number of carboxylic acids is 1. The maximum absolute atomic E-state index is 12.9. The molecule has 35 heavy (non-hydrogen) atoms. The molecule has 2 fully saturated rings. The number of rotatable bonds is 6. The smallest absolute Gasteiger partial charge is 0.407 e. The van der Waals surface area contributed by atoms with E-state index in [-0.39, 0.29) is 36.8 Å². The van der Waals surface area contributed by atoms with Gasteiger partial charge in [-0.2, -0.15) is 0 Å². The van der Waals surface area contributed by atoms with Crippen molar-refractivity contribution in [3.05, 3.63) is 59.7 Å². The van der Waals surface area contributed by atoms with E-state index in [1.165, 1.54) is 16.0 Å². The van der Waals surface area contributed by atoms with Crippen LogP contribution in [0.2, 0.25) is 0 Å². The van der Waals surface area contributed by atoms with Crippen LogP contribution in [0.25, 0.3) is 11.1 Å². The quantitative estimate of drug-likeness (QED) is 0.659. The van der Waals surface area contributed by atoms with Gasteiger partial charge in [0.2, 0.25) is 5.91 Å². The Kier molecular flexibility index (Phi) is 6.72. The number of fused-ring (bicyclic) bond motifs is 3. The third-order valence-electron chi connectivity index (χ3n) is 7.42. The van der Waals surface area contributed by atoms with Gasteiger partial charge < -0.3 is 24.8 Å². The summed E-state index contributed by atoms with van der Waals surface area (Å²) in [6.45, 7) is 1.50. The van der Waals surface area contributed by atoms with E-state index in [1.807, 2.05) is 24.3 Å². The zero-order chi connectivity index (χ0) is 24.4. The molecule has 0 saturated carbocycles. The van der Waals surface area contributed by atoms with Crippen molar-refractivity contribution in [2.45, 2.75) is 43.7 Å². The van der Waals surface area contributed by atoms with Gasteiger partial charge in [0.25, 0.3) is 0 Å². The number of carbonyl (C=O) groups excluding carboxylic acids is 2. The number of alkyl carbamates (subject to hydrolysis) is 1. The number of hydrogen-bond acceptors (Lipinski definition) is 5. The third kappa shape index (κ3) is 4.75. The van der Waals surface area contributed by atoms with Gasteiger partial charge in [-0.15, -0.1) is 0 Å². The molecule has 2 saturated heterocycles. The van der Waals surface area contributed by atoms with E-state index in [4.69, 9.17) is 9.47 Å². The maximum Gasteiger partial charge on any atom is 0.407 e. The molecule has 0 spiro atoms. The van der Waals surface area contributed by atoms with Gasteiger partial charge in [-0.1, -0.05) is 48.5 Å². The van der Waals surface area contributed by atoms with Gasteiger partial charge in [-0.3, -0.25) is 4.79 Å². The Morgan fingerprint density at radius 1 is 1.03 bits per heavy atom. The van der Waals surface area contributed by atoms with E-state index in [0.29, 0.717) is 39.0 Å². The predicted octanol–water partition coefficient (Wildman–Crippen LogP) is 3.40. The van der Waals surface area contributed by atoms with Crippen molar-refractivity contribution in [3.63, 3.8) is 0 Å². The Bertz CT molecular complexity index is 1070. The number of benzene rings is 2. The lowest BCUT2D eigenvalue weighted by Crippen LogP contribution is -2.48. The Labute approximate surface area is 204 Å². The first-order valence-corrected chi connectivity index (χ1v) is 12.2. The van der Waals surface area contributed by atoms with Crippen LogP contribution in [0.1, 0.15) is 42.7 Å². The van der Waals surface area contributed by atoms with Crippen molar-refractivity contribution in [1.82, 2.24) is 10.2 Å². The molecule has 1 aliphatic carbocycles. The number of amides is 2. The molecule has 2 unspecified atom stereocenters. The fourth-order valence-electron chi connectivity index (χ4n) is 5.64. The average molecular weight is 479 g/mol. The molecule has 2 aliphatic heterocycles. The highest BCUT2D eigenvalue weighted by molar-refractivity contribution is 5.84. The van der Waals surface area contributed by atoms with Crippen LogP contribution in [0.15, 0.2) is 48.5 Å². The topological polar surface area (TPSA) is 105 Å². The minimum absolute atomic E-state index is 0.0247. The van der Waals surface area contributed by atoms with Crippen LogP contribution in [0.3, 0.4) is 0 Å². The number of carboxylic acid groups (broad SMARTS) is 1. The van der Waals surface area contributed by atoms with Gasteiger partial charge in [-0.25, -0.2) is 9.59 Å². The van der Waals surface area contributed by atoms with Gasteiger partial charge in [0.15, 0.2) is 0 Å². The van der Waals surface area contributed by atoms with Crippen LogP contribution < -0.4 is 5.32 Å². The molecule has 184 valence electrons. The first kappa shape index (κ1) is 23.4. The Balaban J connectivity index is 1.20. The zero-order valence-electron chi connectivity index (χ0n) is 19.5. The van der Waals surface area contributed by atoms with Crippen molar-refractivity contribution < 1.29 is 29.0 Å². The number of aliphatic carboxylic acids is 1. The monoisotopic (exact) mass is 478 g/mol. The second-order valence-corrected chi connectivity index (χ2v) is 9.49. The average Bonchev–Trinajstić information content (AvgIpc) is 3.48. The second-order valence-electron chi connectivity index (χ2n) is 9.49. The summed E-state index contributed by atoms with van der Waals surface area (Å²) in [4.78, 5) is 38.5. The SMILES string of the molecule is O=C(NC1CCOCC1CC(=O)N1CCC[C@H]1C(=O)O)OCC1c2ccccc2-c2ccccc21. The molecule has 5 rings (SSSR count). The van der Waals surface area contributed by atoms with Crippen molar-refractivity contribution >= 4 is 18.0 Å². The second kappa shape index (κ2) is 10.1. The summed E-state index contributed by atoms with van der Waals surface area (Å²) < 4.78 is 11.3. The number of nitrogens with zero attached hydrogens (tertiary/aromatic N) is 1. The van der Waals surface area contributed by atoms with Crippen LogP contribution >= 0.6 is 0 Å². The molecular formula is C27H30N2O6. The molecule has 2 heterocycles. The summed E-state index contributed by atoms with van der Waals surface area (Å²) in [6, 6.07) is 15.3. The summed E-state index contributed by atoms with van der Waals surface area (Å²) in [5.41, 5.74) is 4.63. The van der Waals surface area contributed by atoms with E-state index in [2.05, 4.69) is 29.6 Å². The summed E-state index contributed by atoms with van der Waals surface area (Å²) >= 11 is 0. The number of nitrogens with one attached hydrogen (secondary N) is 1. The summed E-state index contributed by atoms with van der Waals surface area (Å²) in [5, 5.41) is 12.3. The summed E-state index contributed by atoms with van der Waals surface area (Å²) in [5.74, 6) is -1.43. The number of hydrogen-bond donors (Lipinski definition) is 2. The first-order valence-electron chi connectivity index (χ1n) is 12.2. The number of carbonyl (C=O) groups is 3. The largest absolute Gasteiger partial charge is 0.480 e. The molecule has 0 bridgehead atoms. The van der Waals surface area contributed by atoms with Crippen LogP contribution in [-0.4, -0.2) is 66.4 Å². The van der Waals surface area contributed by atoms with E-state index in [1.54, 1.807) is 0 Å². The Morgan fingerprint density at radius 3 is 2.40 bits per heavy atom. The van der Waals surface area contributed by atoms with Gasteiger partial charge in [0.1, 0.15) is 12.6 Å². The fraction of sp³-hybridized carbons (Fsp3) is 0.444. The molecule has 8 heteroatoms. The molecular weight excluding hydrogens is 448 g/mol. The maximum atomic E-state index is 12.9. The lowest BCUT2D eigenvalue weighted by atomic mass is 9.92. The van der Waals surface area contributed by atoms with Crippen LogP contribution in [0.5, 0.6) is 0 Å². The molecule has 3 aliphatic rings. The van der Waals surface area contributed by atoms with Crippen LogP contribution in [0, 0.1) is 5.92 Å². The zero-order valence-corrected chi connectivity index (χ0v) is 19.5. The summed E-state index contributed by atoms with van der Waals surface area (Å²) in [6.07, 6.45) is 1.36. The van der Waals surface area contributed by atoms with E-state index in [9.17, 15) is 19.5 Å². The molecule has 2 aromatic carbocycles. The highest BCUT2D eigenvalue weighted by Gasteiger charge is 2.37.